The molecule has 0 heterocycles. The van der Waals surface area contributed by atoms with E-state index >= 15 is 0 Å². The van der Waals surface area contributed by atoms with E-state index < -0.39 is 0 Å². The molecule has 1 aromatic carbocycles. The van der Waals surface area contributed by atoms with Crippen LogP contribution in [-0.2, 0) is 6.54 Å². The second-order valence-corrected chi connectivity index (χ2v) is 7.16. The summed E-state index contributed by atoms with van der Waals surface area (Å²) in [6.07, 6.45) is 5.32. The predicted molar refractivity (Wildman–Crippen MR) is 88.5 cm³/mol. The Morgan fingerprint density at radius 1 is 1.21 bits per heavy atom. The summed E-state index contributed by atoms with van der Waals surface area (Å²) in [5.74, 6) is 0. The maximum absolute atomic E-state index is 3.59. The average Bonchev–Trinajstić information content (AvgIpc) is 2.34. The van der Waals surface area contributed by atoms with Gasteiger partial charge in [-0.15, -0.1) is 0 Å². The maximum atomic E-state index is 3.59. The van der Waals surface area contributed by atoms with Crippen LogP contribution < -0.4 is 5.32 Å². The van der Waals surface area contributed by atoms with Crippen LogP contribution in [0.15, 0.2) is 22.7 Å². The molecule has 1 aromatic rings. The van der Waals surface area contributed by atoms with Crippen molar-refractivity contribution in [2.45, 2.75) is 59.9 Å². The fraction of sp³-hybridized carbons (Fsp3) is 0.647. The third kappa shape index (κ3) is 6.58. The third-order valence-corrected chi connectivity index (χ3v) is 4.48. The lowest BCUT2D eigenvalue weighted by Gasteiger charge is -2.25. The molecule has 0 atom stereocenters. The van der Waals surface area contributed by atoms with Gasteiger partial charge in [0.2, 0.25) is 0 Å². The largest absolute Gasteiger partial charge is 0.312 e. The molecular weight excluding hydrogens is 298 g/mol. The van der Waals surface area contributed by atoms with Crippen LogP contribution in [0.2, 0.25) is 0 Å². The molecule has 2 heteroatoms. The van der Waals surface area contributed by atoms with Gasteiger partial charge in [-0.3, -0.25) is 0 Å². The van der Waals surface area contributed by atoms with Crippen LogP contribution in [0.3, 0.4) is 0 Å². The molecule has 0 saturated heterocycles. The van der Waals surface area contributed by atoms with E-state index in [4.69, 9.17) is 0 Å². The van der Waals surface area contributed by atoms with Gasteiger partial charge < -0.3 is 5.32 Å². The first-order valence-electron chi connectivity index (χ1n) is 7.40. The Labute approximate surface area is 127 Å². The van der Waals surface area contributed by atoms with Gasteiger partial charge in [0.05, 0.1) is 0 Å². The van der Waals surface area contributed by atoms with Crippen molar-refractivity contribution in [1.82, 2.24) is 5.32 Å². The third-order valence-electron chi connectivity index (χ3n) is 3.63. The minimum absolute atomic E-state index is 0.400. The molecule has 1 rings (SSSR count). The molecule has 0 unspecified atom stereocenters. The predicted octanol–water partition coefficient (Wildman–Crippen LogP) is 5.45. The Bertz CT molecular complexity index is 385. The van der Waals surface area contributed by atoms with E-state index in [0.29, 0.717) is 5.41 Å². The van der Waals surface area contributed by atoms with Crippen LogP contribution in [0.1, 0.15) is 57.6 Å². The highest BCUT2D eigenvalue weighted by Crippen LogP contribution is 2.23. The number of aryl methyl sites for hydroxylation is 1. The normalized spacial score (nSPS) is 11.8. The SMILES string of the molecule is CCCCCC(C)(C)CNCc1ccc(C)c(Br)c1. The standard InChI is InChI=1S/C17H28BrN/c1-5-6-7-10-17(3,4)13-19-12-15-9-8-14(2)16(18)11-15/h8-9,11,19H,5-7,10,12-13H2,1-4H3. The molecule has 0 amide bonds. The van der Waals surface area contributed by atoms with E-state index in [2.05, 4.69) is 67.1 Å². The number of rotatable bonds is 8. The van der Waals surface area contributed by atoms with Gasteiger partial charge in [-0.05, 0) is 36.0 Å². The van der Waals surface area contributed by atoms with Gasteiger partial charge in [-0.2, -0.15) is 0 Å². The molecule has 1 N–H and O–H groups in total. The number of hydrogen-bond donors (Lipinski definition) is 1. The van der Waals surface area contributed by atoms with Crippen molar-refractivity contribution < 1.29 is 0 Å². The molecular formula is C17H28BrN. The van der Waals surface area contributed by atoms with Gasteiger partial charge in [-0.25, -0.2) is 0 Å². The second kappa shape index (κ2) is 8.06. The Balaban J connectivity index is 2.34. The quantitative estimate of drug-likeness (QED) is 0.626. The van der Waals surface area contributed by atoms with Gasteiger partial charge in [0.1, 0.15) is 0 Å². The Morgan fingerprint density at radius 3 is 2.58 bits per heavy atom. The van der Waals surface area contributed by atoms with Crippen molar-refractivity contribution in [2.24, 2.45) is 5.41 Å². The molecule has 0 aromatic heterocycles. The molecule has 0 fully saturated rings. The summed E-state index contributed by atoms with van der Waals surface area (Å²) in [4.78, 5) is 0. The van der Waals surface area contributed by atoms with Crippen LogP contribution in [0.25, 0.3) is 0 Å². The van der Waals surface area contributed by atoms with Crippen molar-refractivity contribution in [3.63, 3.8) is 0 Å². The highest BCUT2D eigenvalue weighted by atomic mass is 79.9. The zero-order chi connectivity index (χ0) is 14.3. The molecule has 0 spiro atoms. The minimum atomic E-state index is 0.400. The smallest absolute Gasteiger partial charge is 0.0207 e. The minimum Gasteiger partial charge on any atom is -0.312 e. The number of benzene rings is 1. The Kier molecular flexibility index (Phi) is 7.09. The summed E-state index contributed by atoms with van der Waals surface area (Å²) in [5.41, 5.74) is 3.04. The summed E-state index contributed by atoms with van der Waals surface area (Å²) >= 11 is 3.59. The van der Waals surface area contributed by atoms with Crippen LogP contribution >= 0.6 is 15.9 Å². The van der Waals surface area contributed by atoms with Gasteiger partial charge in [0.25, 0.3) is 0 Å². The molecule has 0 aliphatic carbocycles. The molecule has 0 bridgehead atoms. The van der Waals surface area contributed by atoms with Crippen molar-refractivity contribution >= 4 is 15.9 Å². The van der Waals surface area contributed by atoms with E-state index in [1.165, 1.54) is 41.3 Å². The Morgan fingerprint density at radius 2 is 1.95 bits per heavy atom. The zero-order valence-electron chi connectivity index (χ0n) is 12.9. The van der Waals surface area contributed by atoms with E-state index in [9.17, 15) is 0 Å². The maximum Gasteiger partial charge on any atom is 0.0207 e. The van der Waals surface area contributed by atoms with E-state index in [-0.39, 0.29) is 0 Å². The van der Waals surface area contributed by atoms with Crippen LogP contribution in [0, 0.1) is 12.3 Å². The Hall–Kier alpha value is -0.340. The summed E-state index contributed by atoms with van der Waals surface area (Å²) < 4.78 is 1.20. The fourth-order valence-corrected chi connectivity index (χ4v) is 2.66. The number of nitrogens with one attached hydrogen (secondary N) is 1. The number of hydrogen-bond acceptors (Lipinski definition) is 1. The zero-order valence-corrected chi connectivity index (χ0v) is 14.4. The molecule has 1 nitrogen and oxygen atoms in total. The van der Waals surface area contributed by atoms with Crippen LogP contribution in [0.5, 0.6) is 0 Å². The van der Waals surface area contributed by atoms with Crippen LogP contribution in [0.4, 0.5) is 0 Å². The monoisotopic (exact) mass is 325 g/mol. The van der Waals surface area contributed by atoms with E-state index in [0.717, 1.165) is 13.1 Å². The lowest BCUT2D eigenvalue weighted by Crippen LogP contribution is -2.29. The van der Waals surface area contributed by atoms with Crippen molar-refractivity contribution in [3.05, 3.63) is 33.8 Å². The molecule has 0 aliphatic rings. The van der Waals surface area contributed by atoms with Gasteiger partial charge >= 0.3 is 0 Å². The molecule has 0 radical (unpaired) electrons. The summed E-state index contributed by atoms with van der Waals surface area (Å²) in [6, 6.07) is 6.59. The average molecular weight is 326 g/mol. The topological polar surface area (TPSA) is 12.0 Å². The van der Waals surface area contributed by atoms with Crippen molar-refractivity contribution in [3.8, 4) is 0 Å². The molecule has 0 saturated carbocycles. The van der Waals surface area contributed by atoms with E-state index in [1.54, 1.807) is 0 Å². The second-order valence-electron chi connectivity index (χ2n) is 6.31. The van der Waals surface area contributed by atoms with E-state index in [1.807, 2.05) is 0 Å². The number of halogens is 1. The first-order chi connectivity index (χ1) is 8.94. The van der Waals surface area contributed by atoms with Gasteiger partial charge in [0, 0.05) is 17.6 Å². The molecule has 108 valence electrons. The highest BCUT2D eigenvalue weighted by Gasteiger charge is 2.16. The summed E-state index contributed by atoms with van der Waals surface area (Å²) in [6.45, 7) is 11.2. The van der Waals surface area contributed by atoms with Gasteiger partial charge in [-0.1, -0.05) is 68.1 Å². The van der Waals surface area contributed by atoms with Crippen LogP contribution in [-0.4, -0.2) is 6.54 Å². The summed E-state index contributed by atoms with van der Waals surface area (Å²) in [7, 11) is 0. The lowest BCUT2D eigenvalue weighted by atomic mass is 9.87. The highest BCUT2D eigenvalue weighted by molar-refractivity contribution is 9.10. The first kappa shape index (κ1) is 16.7. The van der Waals surface area contributed by atoms with Crippen molar-refractivity contribution in [1.29, 1.82) is 0 Å². The summed E-state index contributed by atoms with van der Waals surface area (Å²) in [5, 5.41) is 3.59. The molecule has 0 aliphatic heterocycles. The first-order valence-corrected chi connectivity index (χ1v) is 8.19. The number of unbranched alkanes of at least 4 members (excludes halogenated alkanes) is 2. The lowest BCUT2D eigenvalue weighted by molar-refractivity contribution is 0.302. The molecule has 19 heavy (non-hydrogen) atoms. The van der Waals surface area contributed by atoms with Crippen molar-refractivity contribution in [2.75, 3.05) is 6.54 Å². The fourth-order valence-electron chi connectivity index (χ4n) is 2.23. The van der Waals surface area contributed by atoms with Gasteiger partial charge in [0.15, 0.2) is 0 Å².